The Bertz CT molecular complexity index is 590. The molecular formula is C17H20N2O. The van der Waals surface area contributed by atoms with Crippen LogP contribution in [0.15, 0.2) is 40.8 Å². The summed E-state index contributed by atoms with van der Waals surface area (Å²) in [5, 5.41) is 12.1. The van der Waals surface area contributed by atoms with Gasteiger partial charge in [-0.2, -0.15) is 5.26 Å². The summed E-state index contributed by atoms with van der Waals surface area (Å²) in [4.78, 5) is 0. The highest BCUT2D eigenvalue weighted by atomic mass is 16.3. The SMILES string of the molecule is CC(C)c1ccc(C(C)NCc2ccc(C#N)o2)cc1. The number of rotatable bonds is 5. The smallest absolute Gasteiger partial charge is 0.203 e. The van der Waals surface area contributed by atoms with Crippen molar-refractivity contribution in [2.75, 3.05) is 0 Å². The summed E-state index contributed by atoms with van der Waals surface area (Å²) in [6.45, 7) is 7.13. The maximum Gasteiger partial charge on any atom is 0.203 e. The number of benzene rings is 1. The fraction of sp³-hybridized carbons (Fsp3) is 0.353. The Kier molecular flexibility index (Phi) is 4.60. The average Bonchev–Trinajstić information content (AvgIpc) is 2.93. The molecule has 0 saturated heterocycles. The summed E-state index contributed by atoms with van der Waals surface area (Å²) < 4.78 is 5.35. The third-order valence-electron chi connectivity index (χ3n) is 3.46. The highest BCUT2D eigenvalue weighted by molar-refractivity contribution is 5.26. The molecule has 0 aliphatic carbocycles. The first-order valence-electron chi connectivity index (χ1n) is 6.92. The molecule has 1 N–H and O–H groups in total. The summed E-state index contributed by atoms with van der Waals surface area (Å²) in [5.41, 5.74) is 2.60. The van der Waals surface area contributed by atoms with Crippen molar-refractivity contribution in [3.63, 3.8) is 0 Å². The van der Waals surface area contributed by atoms with Gasteiger partial charge in [0.2, 0.25) is 5.76 Å². The van der Waals surface area contributed by atoms with E-state index in [2.05, 4.69) is 50.4 Å². The van der Waals surface area contributed by atoms with E-state index in [1.807, 2.05) is 12.1 Å². The van der Waals surface area contributed by atoms with Crippen LogP contribution in [0.2, 0.25) is 0 Å². The lowest BCUT2D eigenvalue weighted by atomic mass is 9.99. The number of nitrogens with zero attached hydrogens (tertiary/aromatic N) is 1. The molecule has 3 nitrogen and oxygen atoms in total. The predicted octanol–water partition coefficient (Wildman–Crippen LogP) is 4.13. The van der Waals surface area contributed by atoms with Crippen LogP contribution in [0.5, 0.6) is 0 Å². The summed E-state index contributed by atoms with van der Waals surface area (Å²) in [5.74, 6) is 1.70. The second kappa shape index (κ2) is 6.40. The van der Waals surface area contributed by atoms with Gasteiger partial charge in [-0.05, 0) is 36.1 Å². The van der Waals surface area contributed by atoms with E-state index in [0.717, 1.165) is 5.76 Å². The number of nitrogens with one attached hydrogen (secondary N) is 1. The molecule has 2 aromatic rings. The van der Waals surface area contributed by atoms with Gasteiger partial charge in [-0.3, -0.25) is 0 Å². The molecule has 0 aliphatic heterocycles. The number of furan rings is 1. The summed E-state index contributed by atoms with van der Waals surface area (Å²) in [6.07, 6.45) is 0. The Morgan fingerprint density at radius 3 is 2.25 bits per heavy atom. The molecule has 20 heavy (non-hydrogen) atoms. The maximum atomic E-state index is 8.71. The molecule has 2 rings (SSSR count). The van der Waals surface area contributed by atoms with E-state index in [0.29, 0.717) is 18.2 Å². The van der Waals surface area contributed by atoms with Gasteiger partial charge in [0.15, 0.2) is 0 Å². The normalized spacial score (nSPS) is 12.3. The van der Waals surface area contributed by atoms with Crippen LogP contribution in [-0.4, -0.2) is 0 Å². The van der Waals surface area contributed by atoms with Crippen molar-refractivity contribution < 1.29 is 4.42 Å². The van der Waals surface area contributed by atoms with Crippen LogP contribution in [0, 0.1) is 11.3 Å². The van der Waals surface area contributed by atoms with Crippen molar-refractivity contribution >= 4 is 0 Å². The zero-order valence-corrected chi connectivity index (χ0v) is 12.2. The fourth-order valence-electron chi connectivity index (χ4n) is 2.07. The zero-order chi connectivity index (χ0) is 14.5. The molecule has 0 spiro atoms. The first kappa shape index (κ1) is 14.4. The first-order valence-corrected chi connectivity index (χ1v) is 6.92. The van der Waals surface area contributed by atoms with Crippen molar-refractivity contribution in [2.45, 2.75) is 39.3 Å². The lowest BCUT2D eigenvalue weighted by Gasteiger charge is -2.14. The van der Waals surface area contributed by atoms with Gasteiger partial charge < -0.3 is 9.73 Å². The van der Waals surface area contributed by atoms with E-state index in [4.69, 9.17) is 9.68 Å². The van der Waals surface area contributed by atoms with Crippen molar-refractivity contribution in [1.82, 2.24) is 5.32 Å². The van der Waals surface area contributed by atoms with E-state index < -0.39 is 0 Å². The van der Waals surface area contributed by atoms with Crippen LogP contribution >= 0.6 is 0 Å². The van der Waals surface area contributed by atoms with Gasteiger partial charge in [0.1, 0.15) is 11.8 Å². The second-order valence-electron chi connectivity index (χ2n) is 5.30. The van der Waals surface area contributed by atoms with Crippen LogP contribution in [0.1, 0.15) is 55.4 Å². The molecule has 1 heterocycles. The van der Waals surface area contributed by atoms with E-state index in [1.54, 1.807) is 6.07 Å². The van der Waals surface area contributed by atoms with Crippen molar-refractivity contribution in [3.8, 4) is 6.07 Å². The Hall–Kier alpha value is -2.05. The van der Waals surface area contributed by atoms with Gasteiger partial charge in [-0.1, -0.05) is 38.1 Å². The van der Waals surface area contributed by atoms with Crippen LogP contribution < -0.4 is 5.32 Å². The molecule has 1 unspecified atom stereocenters. The van der Waals surface area contributed by atoms with Crippen molar-refractivity contribution in [2.24, 2.45) is 0 Å². The monoisotopic (exact) mass is 268 g/mol. The van der Waals surface area contributed by atoms with Gasteiger partial charge in [0, 0.05) is 6.04 Å². The average molecular weight is 268 g/mol. The fourth-order valence-corrected chi connectivity index (χ4v) is 2.07. The number of hydrogen-bond acceptors (Lipinski definition) is 3. The van der Waals surface area contributed by atoms with Crippen LogP contribution in [0.4, 0.5) is 0 Å². The summed E-state index contributed by atoms with van der Waals surface area (Å²) in [6, 6.07) is 14.4. The molecule has 1 atom stereocenters. The lowest BCUT2D eigenvalue weighted by Crippen LogP contribution is -2.17. The van der Waals surface area contributed by atoms with Gasteiger partial charge in [-0.15, -0.1) is 0 Å². The summed E-state index contributed by atoms with van der Waals surface area (Å²) >= 11 is 0. The third-order valence-corrected chi connectivity index (χ3v) is 3.46. The predicted molar refractivity (Wildman–Crippen MR) is 79.2 cm³/mol. The number of nitriles is 1. The molecule has 0 radical (unpaired) electrons. The molecule has 0 amide bonds. The Labute approximate surface area is 120 Å². The highest BCUT2D eigenvalue weighted by Gasteiger charge is 2.07. The topological polar surface area (TPSA) is 49.0 Å². The molecule has 0 bridgehead atoms. The molecular weight excluding hydrogens is 248 g/mol. The molecule has 0 fully saturated rings. The standard InChI is InChI=1S/C17H20N2O/c1-12(2)14-4-6-15(7-5-14)13(3)19-11-17-9-8-16(10-18)20-17/h4-9,12-13,19H,11H2,1-3H3. The number of hydrogen-bond donors (Lipinski definition) is 1. The Morgan fingerprint density at radius 1 is 1.05 bits per heavy atom. The van der Waals surface area contributed by atoms with Gasteiger partial charge >= 0.3 is 0 Å². The van der Waals surface area contributed by atoms with Crippen LogP contribution in [0.3, 0.4) is 0 Å². The minimum atomic E-state index is 0.242. The largest absolute Gasteiger partial charge is 0.449 e. The Morgan fingerprint density at radius 2 is 1.70 bits per heavy atom. The molecule has 104 valence electrons. The van der Waals surface area contributed by atoms with Crippen LogP contribution in [-0.2, 0) is 6.54 Å². The van der Waals surface area contributed by atoms with Crippen LogP contribution in [0.25, 0.3) is 0 Å². The minimum absolute atomic E-state index is 0.242. The molecule has 3 heteroatoms. The lowest BCUT2D eigenvalue weighted by molar-refractivity contribution is 0.453. The van der Waals surface area contributed by atoms with Crippen molar-refractivity contribution in [3.05, 3.63) is 59.0 Å². The van der Waals surface area contributed by atoms with Gasteiger partial charge in [0.05, 0.1) is 6.54 Å². The maximum absolute atomic E-state index is 8.71. The van der Waals surface area contributed by atoms with E-state index >= 15 is 0 Å². The molecule has 1 aromatic heterocycles. The van der Waals surface area contributed by atoms with Gasteiger partial charge in [-0.25, -0.2) is 0 Å². The zero-order valence-electron chi connectivity index (χ0n) is 12.2. The van der Waals surface area contributed by atoms with E-state index in [-0.39, 0.29) is 6.04 Å². The third kappa shape index (κ3) is 3.49. The first-order chi connectivity index (χ1) is 9.60. The highest BCUT2D eigenvalue weighted by Crippen LogP contribution is 2.19. The Balaban J connectivity index is 1.94. The van der Waals surface area contributed by atoms with E-state index in [9.17, 15) is 0 Å². The molecule has 0 saturated carbocycles. The minimum Gasteiger partial charge on any atom is -0.449 e. The van der Waals surface area contributed by atoms with E-state index in [1.165, 1.54) is 11.1 Å². The van der Waals surface area contributed by atoms with Gasteiger partial charge in [0.25, 0.3) is 0 Å². The quantitative estimate of drug-likeness (QED) is 0.887. The van der Waals surface area contributed by atoms with Crippen molar-refractivity contribution in [1.29, 1.82) is 5.26 Å². The summed E-state index contributed by atoms with van der Waals surface area (Å²) in [7, 11) is 0. The molecule has 0 aliphatic rings. The second-order valence-corrected chi connectivity index (χ2v) is 5.30. The molecule has 1 aromatic carbocycles.